The molecule has 1 heterocycles. The van der Waals surface area contributed by atoms with Crippen LogP contribution < -0.4 is 4.72 Å². The maximum atomic E-state index is 11.2. The van der Waals surface area contributed by atoms with E-state index in [2.05, 4.69) is 14.9 Å². The molecule has 0 bridgehead atoms. The first-order valence-corrected chi connectivity index (χ1v) is 8.85. The Hall–Kier alpha value is -2.38. The zero-order chi connectivity index (χ0) is 16.4. The van der Waals surface area contributed by atoms with Crippen molar-refractivity contribution in [3.63, 3.8) is 0 Å². The van der Waals surface area contributed by atoms with Crippen molar-refractivity contribution in [1.82, 2.24) is 10.1 Å². The Morgan fingerprint density at radius 2 is 1.61 bits per heavy atom. The van der Waals surface area contributed by atoms with Gasteiger partial charge in [0.25, 0.3) is 5.89 Å². The first-order chi connectivity index (χ1) is 10.9. The summed E-state index contributed by atoms with van der Waals surface area (Å²) in [6, 6.07) is 13.8. The Kier molecular flexibility index (Phi) is 4.06. The van der Waals surface area contributed by atoms with E-state index in [1.807, 2.05) is 0 Å². The van der Waals surface area contributed by atoms with E-state index in [1.165, 1.54) is 0 Å². The third kappa shape index (κ3) is 3.88. The van der Waals surface area contributed by atoms with Gasteiger partial charge in [-0.05, 0) is 48.5 Å². The molecule has 23 heavy (non-hydrogen) atoms. The highest BCUT2D eigenvalue weighted by Crippen LogP contribution is 2.24. The van der Waals surface area contributed by atoms with E-state index < -0.39 is 10.0 Å². The molecule has 0 aliphatic rings. The number of anilines is 1. The summed E-state index contributed by atoms with van der Waals surface area (Å²) in [6.07, 6.45) is 1.10. The third-order valence-corrected chi connectivity index (χ3v) is 3.82. The summed E-state index contributed by atoms with van der Waals surface area (Å²) in [5.41, 5.74) is 1.95. The highest BCUT2D eigenvalue weighted by Gasteiger charge is 2.11. The average Bonchev–Trinajstić information content (AvgIpc) is 2.97. The van der Waals surface area contributed by atoms with Crippen LogP contribution in [-0.4, -0.2) is 24.8 Å². The fourth-order valence-corrected chi connectivity index (χ4v) is 2.64. The summed E-state index contributed by atoms with van der Waals surface area (Å²) in [5.74, 6) is 0.802. The molecule has 0 saturated heterocycles. The van der Waals surface area contributed by atoms with E-state index in [1.54, 1.807) is 48.5 Å². The topological polar surface area (TPSA) is 85.1 Å². The number of benzene rings is 2. The van der Waals surface area contributed by atoms with Crippen LogP contribution in [-0.2, 0) is 10.0 Å². The van der Waals surface area contributed by atoms with Gasteiger partial charge in [0.15, 0.2) is 0 Å². The first-order valence-electron chi connectivity index (χ1n) is 6.58. The normalized spacial score (nSPS) is 11.4. The van der Waals surface area contributed by atoms with Gasteiger partial charge in [0.05, 0.1) is 6.26 Å². The molecule has 0 spiro atoms. The molecule has 0 radical (unpaired) electrons. The Labute approximate surface area is 138 Å². The molecule has 0 atom stereocenters. The van der Waals surface area contributed by atoms with Crippen LogP contribution in [0.15, 0.2) is 53.1 Å². The number of hydrogen-bond donors (Lipinski definition) is 1. The second-order valence-corrected chi connectivity index (χ2v) is 7.07. The smallest absolute Gasteiger partial charge is 0.258 e. The number of nitrogens with zero attached hydrogens (tertiary/aromatic N) is 2. The molecular weight excluding hydrogens is 338 g/mol. The lowest BCUT2D eigenvalue weighted by Crippen LogP contribution is -2.09. The Balaban J connectivity index is 1.84. The predicted molar refractivity (Wildman–Crippen MR) is 88.6 cm³/mol. The standard InChI is InChI=1S/C15H12ClN3O3S/c1-23(20,21)19-13-8-4-10(5-9-13)14-17-15(22-18-14)11-2-6-12(16)7-3-11/h2-9,19H,1H3. The lowest BCUT2D eigenvalue weighted by Gasteiger charge is -2.03. The van der Waals surface area contributed by atoms with Crippen LogP contribution in [0.4, 0.5) is 5.69 Å². The molecule has 0 aliphatic heterocycles. The van der Waals surface area contributed by atoms with Gasteiger partial charge in [0.2, 0.25) is 15.8 Å². The molecule has 0 fully saturated rings. The summed E-state index contributed by atoms with van der Waals surface area (Å²) >= 11 is 5.85. The van der Waals surface area contributed by atoms with E-state index >= 15 is 0 Å². The fourth-order valence-electron chi connectivity index (χ4n) is 1.95. The number of halogens is 1. The minimum atomic E-state index is -3.30. The summed E-state index contributed by atoms with van der Waals surface area (Å²) in [4.78, 5) is 4.33. The van der Waals surface area contributed by atoms with Crippen molar-refractivity contribution < 1.29 is 12.9 Å². The van der Waals surface area contributed by atoms with Crippen LogP contribution in [0.1, 0.15) is 0 Å². The lowest BCUT2D eigenvalue weighted by molar-refractivity contribution is 0.432. The van der Waals surface area contributed by atoms with E-state index in [0.717, 1.165) is 11.8 Å². The van der Waals surface area contributed by atoms with Crippen molar-refractivity contribution in [2.45, 2.75) is 0 Å². The molecule has 2 aromatic carbocycles. The molecule has 0 amide bonds. The summed E-state index contributed by atoms with van der Waals surface area (Å²) in [7, 11) is -3.30. The molecule has 8 heteroatoms. The quantitative estimate of drug-likeness (QED) is 0.780. The van der Waals surface area contributed by atoms with Crippen LogP contribution >= 0.6 is 11.6 Å². The van der Waals surface area contributed by atoms with Crippen molar-refractivity contribution in [1.29, 1.82) is 0 Å². The Morgan fingerprint density at radius 3 is 2.22 bits per heavy atom. The molecule has 0 unspecified atom stereocenters. The number of sulfonamides is 1. The van der Waals surface area contributed by atoms with Gasteiger partial charge in [-0.25, -0.2) is 8.42 Å². The molecule has 3 aromatic rings. The van der Waals surface area contributed by atoms with E-state index in [9.17, 15) is 8.42 Å². The second kappa shape index (κ2) is 6.02. The minimum absolute atomic E-state index is 0.384. The van der Waals surface area contributed by atoms with Crippen LogP contribution in [0.5, 0.6) is 0 Å². The van der Waals surface area contributed by atoms with Crippen molar-refractivity contribution in [2.24, 2.45) is 0 Å². The SMILES string of the molecule is CS(=O)(=O)Nc1ccc(-c2noc(-c3ccc(Cl)cc3)n2)cc1. The van der Waals surface area contributed by atoms with Crippen LogP contribution in [0.25, 0.3) is 22.8 Å². The largest absolute Gasteiger partial charge is 0.334 e. The van der Waals surface area contributed by atoms with Crippen molar-refractivity contribution >= 4 is 27.3 Å². The van der Waals surface area contributed by atoms with Gasteiger partial charge in [-0.15, -0.1) is 0 Å². The van der Waals surface area contributed by atoms with Gasteiger partial charge in [-0.2, -0.15) is 4.98 Å². The molecule has 0 aliphatic carbocycles. The Bertz CT molecular complexity index is 919. The van der Waals surface area contributed by atoms with Gasteiger partial charge in [0.1, 0.15) is 0 Å². The fraction of sp³-hybridized carbons (Fsp3) is 0.0667. The van der Waals surface area contributed by atoms with Gasteiger partial charge in [-0.3, -0.25) is 4.72 Å². The number of rotatable bonds is 4. The van der Waals surface area contributed by atoms with Gasteiger partial charge in [-0.1, -0.05) is 16.8 Å². The molecule has 0 saturated carbocycles. The van der Waals surface area contributed by atoms with Crippen molar-refractivity contribution in [2.75, 3.05) is 11.0 Å². The van der Waals surface area contributed by atoms with Gasteiger partial charge >= 0.3 is 0 Å². The summed E-state index contributed by atoms with van der Waals surface area (Å²) in [6.45, 7) is 0. The van der Waals surface area contributed by atoms with E-state index in [4.69, 9.17) is 16.1 Å². The molecular formula is C15H12ClN3O3S. The predicted octanol–water partition coefficient (Wildman–Crippen LogP) is 3.43. The second-order valence-electron chi connectivity index (χ2n) is 4.88. The van der Waals surface area contributed by atoms with E-state index in [0.29, 0.717) is 28.0 Å². The molecule has 6 nitrogen and oxygen atoms in total. The lowest BCUT2D eigenvalue weighted by atomic mass is 10.2. The number of nitrogens with one attached hydrogen (secondary N) is 1. The molecule has 1 N–H and O–H groups in total. The Morgan fingerprint density at radius 1 is 1.00 bits per heavy atom. The zero-order valence-corrected chi connectivity index (χ0v) is 13.6. The molecule has 118 valence electrons. The summed E-state index contributed by atoms with van der Waals surface area (Å²) < 4.78 is 30.0. The van der Waals surface area contributed by atoms with Gasteiger partial charge in [0, 0.05) is 21.8 Å². The van der Waals surface area contributed by atoms with E-state index in [-0.39, 0.29) is 0 Å². The van der Waals surface area contributed by atoms with Crippen LogP contribution in [0.3, 0.4) is 0 Å². The monoisotopic (exact) mass is 349 g/mol. The molecule has 1 aromatic heterocycles. The zero-order valence-electron chi connectivity index (χ0n) is 12.0. The number of hydrogen-bond acceptors (Lipinski definition) is 5. The number of aromatic nitrogens is 2. The minimum Gasteiger partial charge on any atom is -0.334 e. The average molecular weight is 350 g/mol. The molecule has 3 rings (SSSR count). The van der Waals surface area contributed by atoms with Crippen molar-refractivity contribution in [3.8, 4) is 22.8 Å². The maximum Gasteiger partial charge on any atom is 0.258 e. The van der Waals surface area contributed by atoms with Crippen LogP contribution in [0, 0.1) is 0 Å². The van der Waals surface area contributed by atoms with Gasteiger partial charge < -0.3 is 4.52 Å². The first kappa shape index (κ1) is 15.5. The summed E-state index contributed by atoms with van der Waals surface area (Å²) in [5, 5.41) is 4.56. The maximum absolute atomic E-state index is 11.2. The third-order valence-electron chi connectivity index (χ3n) is 2.96. The highest BCUT2D eigenvalue weighted by atomic mass is 35.5. The van der Waals surface area contributed by atoms with Crippen LogP contribution in [0.2, 0.25) is 5.02 Å². The van der Waals surface area contributed by atoms with Crippen molar-refractivity contribution in [3.05, 3.63) is 53.6 Å². The highest BCUT2D eigenvalue weighted by molar-refractivity contribution is 7.92.